The van der Waals surface area contributed by atoms with E-state index in [1.54, 1.807) is 22.7 Å². The van der Waals surface area contributed by atoms with E-state index in [1.807, 2.05) is 51.1 Å². The van der Waals surface area contributed by atoms with Crippen molar-refractivity contribution >= 4 is 21.6 Å². The first-order valence-electron chi connectivity index (χ1n) is 8.63. The molecule has 2 heterocycles. The highest BCUT2D eigenvalue weighted by atomic mass is 32.2. The molecule has 0 saturated carbocycles. The number of hydrogen-bond acceptors (Lipinski definition) is 5. The number of sulfonamides is 1. The maximum atomic E-state index is 12.8. The van der Waals surface area contributed by atoms with Gasteiger partial charge in [0.2, 0.25) is 16.0 Å². The van der Waals surface area contributed by atoms with Gasteiger partial charge in [-0.05, 0) is 24.6 Å². The highest BCUT2D eigenvalue weighted by Crippen LogP contribution is 2.21. The summed E-state index contributed by atoms with van der Waals surface area (Å²) in [6.07, 6.45) is 1.57. The van der Waals surface area contributed by atoms with Crippen molar-refractivity contribution in [1.29, 1.82) is 0 Å². The number of nitrogens with one attached hydrogen (secondary N) is 1. The van der Waals surface area contributed by atoms with Crippen molar-refractivity contribution in [2.45, 2.75) is 31.7 Å². The summed E-state index contributed by atoms with van der Waals surface area (Å²) in [5.74, 6) is 0.507. The normalized spacial score (nSPS) is 13.2. The Bertz CT molecular complexity index is 981. The summed E-state index contributed by atoms with van der Waals surface area (Å²) in [6, 6.07) is 13.2. The summed E-state index contributed by atoms with van der Waals surface area (Å²) in [4.78, 5) is 0.226. The molecule has 0 bridgehead atoms. The molecule has 3 aromatic rings. The zero-order valence-corrected chi connectivity index (χ0v) is 15.9. The number of pyridine rings is 1. The molecule has 7 nitrogen and oxygen atoms in total. The van der Waals surface area contributed by atoms with Crippen LogP contribution in [0.25, 0.3) is 5.65 Å². The fourth-order valence-corrected chi connectivity index (χ4v) is 4.31. The van der Waals surface area contributed by atoms with Gasteiger partial charge >= 0.3 is 0 Å². The van der Waals surface area contributed by atoms with E-state index in [0.29, 0.717) is 24.7 Å². The molecule has 0 spiro atoms. The van der Waals surface area contributed by atoms with Gasteiger partial charge in [0.1, 0.15) is 0 Å². The molecule has 0 aliphatic carbocycles. The third-order valence-corrected chi connectivity index (χ3v) is 6.40. The Labute approximate surface area is 153 Å². The lowest BCUT2D eigenvalue weighted by Crippen LogP contribution is -2.30. The van der Waals surface area contributed by atoms with Crippen molar-refractivity contribution in [2.75, 3.05) is 18.4 Å². The maximum absolute atomic E-state index is 12.8. The predicted octanol–water partition coefficient (Wildman–Crippen LogP) is 2.93. The van der Waals surface area contributed by atoms with E-state index in [9.17, 15) is 8.42 Å². The number of fused-ring (bicyclic) bond motifs is 1. The molecule has 0 fully saturated rings. The van der Waals surface area contributed by atoms with E-state index < -0.39 is 10.0 Å². The molecule has 2 aromatic heterocycles. The Morgan fingerprint density at radius 1 is 1.08 bits per heavy atom. The molecular weight excluding hydrogens is 350 g/mol. The average Bonchev–Trinajstić information content (AvgIpc) is 3.05. The summed E-state index contributed by atoms with van der Waals surface area (Å²) in [5.41, 5.74) is 1.70. The van der Waals surface area contributed by atoms with Crippen molar-refractivity contribution in [3.63, 3.8) is 0 Å². The number of nitrogens with zero attached hydrogens (tertiary/aromatic N) is 4. The Morgan fingerprint density at radius 3 is 2.42 bits per heavy atom. The third kappa shape index (κ3) is 3.42. The summed E-state index contributed by atoms with van der Waals surface area (Å²) in [7, 11) is -3.54. The van der Waals surface area contributed by atoms with Gasteiger partial charge in [-0.1, -0.05) is 44.2 Å². The summed E-state index contributed by atoms with van der Waals surface area (Å²) < 4.78 is 28.6. The van der Waals surface area contributed by atoms with Gasteiger partial charge in [0.25, 0.3) is 0 Å². The van der Waals surface area contributed by atoms with Crippen LogP contribution in [0, 0.1) is 0 Å². The van der Waals surface area contributed by atoms with Crippen molar-refractivity contribution in [3.8, 4) is 0 Å². The monoisotopic (exact) mass is 373 g/mol. The van der Waals surface area contributed by atoms with Crippen LogP contribution in [0.15, 0.2) is 53.6 Å². The molecule has 26 heavy (non-hydrogen) atoms. The SMILES string of the molecule is CCN(CC)S(=O)(=O)c1ccc2nnc(N[C@H](C)c3ccccc3)n2c1. The van der Waals surface area contributed by atoms with Gasteiger partial charge in [-0.3, -0.25) is 4.40 Å². The molecule has 8 heteroatoms. The van der Waals surface area contributed by atoms with E-state index in [-0.39, 0.29) is 10.9 Å². The molecule has 0 amide bonds. The lowest BCUT2D eigenvalue weighted by Gasteiger charge is -2.18. The average molecular weight is 373 g/mol. The van der Waals surface area contributed by atoms with Crippen LogP contribution in [-0.4, -0.2) is 40.4 Å². The zero-order valence-electron chi connectivity index (χ0n) is 15.1. The van der Waals surface area contributed by atoms with Gasteiger partial charge in [-0.2, -0.15) is 4.31 Å². The maximum Gasteiger partial charge on any atom is 0.244 e. The lowest BCUT2D eigenvalue weighted by atomic mass is 10.1. The fraction of sp³-hybridized carbons (Fsp3) is 0.333. The van der Waals surface area contributed by atoms with Crippen LogP contribution in [0.1, 0.15) is 32.4 Å². The molecule has 1 atom stereocenters. The third-order valence-electron chi connectivity index (χ3n) is 4.36. The topological polar surface area (TPSA) is 79.6 Å². The van der Waals surface area contributed by atoms with Crippen LogP contribution in [0.3, 0.4) is 0 Å². The molecular formula is C18H23N5O2S. The summed E-state index contributed by atoms with van der Waals surface area (Å²) >= 11 is 0. The molecule has 0 aliphatic rings. The van der Waals surface area contributed by atoms with Gasteiger partial charge in [-0.25, -0.2) is 8.42 Å². The fourth-order valence-electron chi connectivity index (χ4n) is 2.85. The molecule has 1 aromatic carbocycles. The molecule has 0 radical (unpaired) electrons. The number of hydrogen-bond donors (Lipinski definition) is 1. The largest absolute Gasteiger partial charge is 0.347 e. The molecule has 0 saturated heterocycles. The second-order valence-corrected chi connectivity index (χ2v) is 7.92. The van der Waals surface area contributed by atoms with Crippen LogP contribution in [-0.2, 0) is 10.0 Å². The first-order chi connectivity index (χ1) is 12.5. The molecule has 138 valence electrons. The van der Waals surface area contributed by atoms with Crippen LogP contribution < -0.4 is 5.32 Å². The second-order valence-electron chi connectivity index (χ2n) is 5.98. The van der Waals surface area contributed by atoms with Crippen molar-refractivity contribution in [3.05, 3.63) is 54.2 Å². The van der Waals surface area contributed by atoms with Crippen molar-refractivity contribution in [2.24, 2.45) is 0 Å². The molecule has 1 N–H and O–H groups in total. The first kappa shape index (κ1) is 18.3. The van der Waals surface area contributed by atoms with Crippen LogP contribution in [0.2, 0.25) is 0 Å². The first-order valence-corrected chi connectivity index (χ1v) is 10.1. The minimum absolute atomic E-state index is 0.00615. The van der Waals surface area contributed by atoms with Crippen LogP contribution in [0.5, 0.6) is 0 Å². The zero-order chi connectivity index (χ0) is 18.7. The van der Waals surface area contributed by atoms with E-state index in [1.165, 1.54) is 4.31 Å². The lowest BCUT2D eigenvalue weighted by molar-refractivity contribution is 0.445. The van der Waals surface area contributed by atoms with Crippen LogP contribution in [0.4, 0.5) is 5.95 Å². The van der Waals surface area contributed by atoms with Gasteiger partial charge < -0.3 is 5.32 Å². The Morgan fingerprint density at radius 2 is 1.77 bits per heavy atom. The van der Waals surface area contributed by atoms with E-state index in [2.05, 4.69) is 15.5 Å². The highest BCUT2D eigenvalue weighted by molar-refractivity contribution is 7.89. The van der Waals surface area contributed by atoms with E-state index >= 15 is 0 Å². The van der Waals surface area contributed by atoms with Crippen LogP contribution >= 0.6 is 0 Å². The summed E-state index contributed by atoms with van der Waals surface area (Å²) in [6.45, 7) is 6.52. The second kappa shape index (κ2) is 7.43. The highest BCUT2D eigenvalue weighted by Gasteiger charge is 2.23. The number of benzene rings is 1. The standard InChI is InChI=1S/C18H23N5O2S/c1-4-22(5-2)26(24,25)16-11-12-17-20-21-18(23(17)13-16)19-14(3)15-9-7-6-8-10-15/h6-14H,4-5H2,1-3H3,(H,19,21)/t14-/m1/s1. The number of aromatic nitrogens is 3. The van der Waals surface area contributed by atoms with E-state index in [4.69, 9.17) is 0 Å². The van der Waals surface area contributed by atoms with E-state index in [0.717, 1.165) is 5.56 Å². The smallest absolute Gasteiger partial charge is 0.244 e. The van der Waals surface area contributed by atoms with Gasteiger partial charge in [0.15, 0.2) is 5.65 Å². The Hall–Kier alpha value is -2.45. The minimum Gasteiger partial charge on any atom is -0.347 e. The molecule has 3 rings (SSSR count). The number of anilines is 1. The minimum atomic E-state index is -3.54. The quantitative estimate of drug-likeness (QED) is 0.689. The van der Waals surface area contributed by atoms with Crippen molar-refractivity contribution < 1.29 is 8.42 Å². The Balaban J connectivity index is 1.96. The Kier molecular flexibility index (Phi) is 5.24. The summed E-state index contributed by atoms with van der Waals surface area (Å²) in [5, 5.41) is 11.6. The predicted molar refractivity (Wildman–Crippen MR) is 102 cm³/mol. The number of rotatable bonds is 7. The van der Waals surface area contributed by atoms with Gasteiger partial charge in [-0.15, -0.1) is 10.2 Å². The molecule has 0 aliphatic heterocycles. The van der Waals surface area contributed by atoms with Gasteiger partial charge in [0.05, 0.1) is 10.9 Å². The molecule has 0 unspecified atom stereocenters. The van der Waals surface area contributed by atoms with Crippen molar-refractivity contribution in [1.82, 2.24) is 18.9 Å². The van der Waals surface area contributed by atoms with Gasteiger partial charge in [0, 0.05) is 19.3 Å².